The Morgan fingerprint density at radius 2 is 2.56 bits per heavy atom. The van der Waals surface area contributed by atoms with E-state index in [9.17, 15) is 4.79 Å². The number of cyclic esters (lactones) is 1. The number of esters is 1. The van der Waals surface area contributed by atoms with Crippen LogP contribution < -0.4 is 0 Å². The number of ether oxygens (including phenoxy) is 1. The summed E-state index contributed by atoms with van der Waals surface area (Å²) in [5.41, 5.74) is 0.728. The highest BCUT2D eigenvalue weighted by Crippen LogP contribution is 2.06. The zero-order chi connectivity index (χ0) is 6.69. The Balaban J connectivity index is 2.67. The number of carbonyl (C=O) groups is 1. The van der Waals surface area contributed by atoms with Crippen LogP contribution in [0.3, 0.4) is 0 Å². The van der Waals surface area contributed by atoms with Gasteiger partial charge >= 0.3 is 5.97 Å². The van der Waals surface area contributed by atoms with E-state index in [1.165, 1.54) is 0 Å². The fourth-order valence-electron chi connectivity index (χ4n) is 0.624. The number of rotatable bonds is 0. The van der Waals surface area contributed by atoms with Gasteiger partial charge in [-0.1, -0.05) is 5.92 Å². The normalized spacial score (nSPS) is 17.7. The molecule has 1 heterocycles. The largest absolute Gasteiger partial charge is 0.461 e. The smallest absolute Gasteiger partial charge is 0.311 e. The Labute approximate surface area is 53.5 Å². The van der Waals surface area contributed by atoms with E-state index in [0.717, 1.165) is 5.57 Å². The second-order valence-electron chi connectivity index (χ2n) is 1.73. The predicted octanol–water partition coefficient (Wildman–Crippen LogP) is 0.493. The fourth-order valence-corrected chi connectivity index (χ4v) is 0.624. The summed E-state index contributed by atoms with van der Waals surface area (Å²) in [5, 5.41) is 0. The molecule has 1 aliphatic rings. The van der Waals surface area contributed by atoms with Gasteiger partial charge in [0, 0.05) is 5.57 Å². The van der Waals surface area contributed by atoms with Gasteiger partial charge in [-0.05, 0) is 6.08 Å². The summed E-state index contributed by atoms with van der Waals surface area (Å²) in [4.78, 5) is 10.5. The van der Waals surface area contributed by atoms with Crippen LogP contribution in [-0.4, -0.2) is 12.6 Å². The van der Waals surface area contributed by atoms with Gasteiger partial charge in [0.1, 0.15) is 6.61 Å². The van der Waals surface area contributed by atoms with Crippen molar-refractivity contribution in [3.8, 4) is 12.3 Å². The first-order valence-corrected chi connectivity index (χ1v) is 2.64. The first-order valence-electron chi connectivity index (χ1n) is 2.64. The highest BCUT2D eigenvalue weighted by atomic mass is 16.5. The molecular formula is C7H6O2. The highest BCUT2D eigenvalue weighted by molar-refractivity contribution is 5.75. The SMILES string of the molecule is C#CC1=CCOC(=O)C1. The Morgan fingerprint density at radius 1 is 1.78 bits per heavy atom. The van der Waals surface area contributed by atoms with Crippen molar-refractivity contribution in [2.75, 3.05) is 6.61 Å². The molecule has 0 amide bonds. The van der Waals surface area contributed by atoms with Crippen LogP contribution in [0, 0.1) is 12.3 Å². The summed E-state index contributed by atoms with van der Waals surface area (Å²) < 4.78 is 4.60. The fraction of sp³-hybridized carbons (Fsp3) is 0.286. The quantitative estimate of drug-likeness (QED) is 0.345. The van der Waals surface area contributed by atoms with Crippen LogP contribution in [0.2, 0.25) is 0 Å². The zero-order valence-corrected chi connectivity index (χ0v) is 4.89. The van der Waals surface area contributed by atoms with Crippen molar-refractivity contribution in [1.82, 2.24) is 0 Å². The van der Waals surface area contributed by atoms with Crippen LogP contribution in [0.5, 0.6) is 0 Å². The maximum atomic E-state index is 10.5. The molecule has 0 spiro atoms. The zero-order valence-electron chi connectivity index (χ0n) is 4.89. The third kappa shape index (κ3) is 1.33. The third-order valence-corrected chi connectivity index (χ3v) is 1.09. The maximum absolute atomic E-state index is 10.5. The standard InChI is InChI=1S/C7H6O2/c1-2-6-3-4-9-7(8)5-6/h1,3H,4-5H2. The number of terminal acetylenes is 1. The lowest BCUT2D eigenvalue weighted by Gasteiger charge is -2.06. The number of hydrogen-bond acceptors (Lipinski definition) is 2. The molecule has 1 aliphatic heterocycles. The van der Waals surface area contributed by atoms with Gasteiger partial charge in [-0.25, -0.2) is 0 Å². The summed E-state index contributed by atoms with van der Waals surface area (Å²) in [5.74, 6) is 2.16. The molecule has 0 saturated carbocycles. The Bertz CT molecular complexity index is 195. The maximum Gasteiger partial charge on any atom is 0.311 e. The minimum atomic E-state index is -0.231. The van der Waals surface area contributed by atoms with Crippen molar-refractivity contribution in [2.45, 2.75) is 6.42 Å². The lowest BCUT2D eigenvalue weighted by molar-refractivity contribution is -0.142. The van der Waals surface area contributed by atoms with E-state index in [1.807, 2.05) is 0 Å². The molecule has 0 N–H and O–H groups in total. The van der Waals surface area contributed by atoms with Gasteiger partial charge in [-0.3, -0.25) is 4.79 Å². The minimum Gasteiger partial charge on any atom is -0.461 e. The van der Waals surface area contributed by atoms with Crippen molar-refractivity contribution in [3.63, 3.8) is 0 Å². The first-order chi connectivity index (χ1) is 4.33. The molecule has 1 rings (SSSR count). The van der Waals surface area contributed by atoms with E-state index in [-0.39, 0.29) is 12.4 Å². The minimum absolute atomic E-state index is 0.231. The predicted molar refractivity (Wildman–Crippen MR) is 32.5 cm³/mol. The summed E-state index contributed by atoms with van der Waals surface area (Å²) in [7, 11) is 0. The van der Waals surface area contributed by atoms with E-state index in [4.69, 9.17) is 6.42 Å². The van der Waals surface area contributed by atoms with Crippen LogP contribution in [-0.2, 0) is 9.53 Å². The lowest BCUT2D eigenvalue weighted by atomic mass is 10.2. The second kappa shape index (κ2) is 2.36. The average Bonchev–Trinajstić information content (AvgIpc) is 1.88. The van der Waals surface area contributed by atoms with Crippen molar-refractivity contribution >= 4 is 5.97 Å². The van der Waals surface area contributed by atoms with Crippen LogP contribution >= 0.6 is 0 Å². The van der Waals surface area contributed by atoms with Crippen molar-refractivity contribution < 1.29 is 9.53 Å². The Morgan fingerprint density at radius 3 is 3.00 bits per heavy atom. The molecule has 0 aromatic rings. The molecular weight excluding hydrogens is 116 g/mol. The lowest BCUT2D eigenvalue weighted by Crippen LogP contribution is -2.10. The molecule has 0 bridgehead atoms. The molecule has 0 aliphatic carbocycles. The van der Waals surface area contributed by atoms with Crippen LogP contribution in [0.4, 0.5) is 0 Å². The van der Waals surface area contributed by atoms with Crippen molar-refractivity contribution in [3.05, 3.63) is 11.6 Å². The summed E-state index contributed by atoms with van der Waals surface area (Å²) in [6.07, 6.45) is 7.04. The molecule has 2 nitrogen and oxygen atoms in total. The van der Waals surface area contributed by atoms with Crippen LogP contribution in [0.15, 0.2) is 11.6 Å². The molecule has 0 saturated heterocycles. The molecule has 0 aromatic carbocycles. The van der Waals surface area contributed by atoms with E-state index in [2.05, 4.69) is 10.7 Å². The summed E-state index contributed by atoms with van der Waals surface area (Å²) in [6.45, 7) is 0.332. The van der Waals surface area contributed by atoms with E-state index < -0.39 is 0 Å². The van der Waals surface area contributed by atoms with Crippen molar-refractivity contribution in [2.24, 2.45) is 0 Å². The van der Waals surface area contributed by atoms with E-state index in [0.29, 0.717) is 6.61 Å². The Hall–Kier alpha value is -1.23. The average molecular weight is 122 g/mol. The van der Waals surface area contributed by atoms with Crippen LogP contribution in [0.25, 0.3) is 0 Å². The molecule has 0 fully saturated rings. The molecule has 0 unspecified atom stereocenters. The van der Waals surface area contributed by atoms with E-state index >= 15 is 0 Å². The van der Waals surface area contributed by atoms with Crippen molar-refractivity contribution in [1.29, 1.82) is 0 Å². The van der Waals surface area contributed by atoms with Gasteiger partial charge in [-0.15, -0.1) is 6.42 Å². The number of hydrogen-bond donors (Lipinski definition) is 0. The molecule has 0 atom stereocenters. The second-order valence-corrected chi connectivity index (χ2v) is 1.73. The molecule has 9 heavy (non-hydrogen) atoms. The topological polar surface area (TPSA) is 26.3 Å². The summed E-state index contributed by atoms with van der Waals surface area (Å²) >= 11 is 0. The van der Waals surface area contributed by atoms with Gasteiger partial charge in [-0.2, -0.15) is 0 Å². The van der Waals surface area contributed by atoms with E-state index in [1.54, 1.807) is 6.08 Å². The highest BCUT2D eigenvalue weighted by Gasteiger charge is 2.08. The molecule has 2 heteroatoms. The summed E-state index contributed by atoms with van der Waals surface area (Å²) in [6, 6.07) is 0. The van der Waals surface area contributed by atoms with Gasteiger partial charge < -0.3 is 4.74 Å². The monoisotopic (exact) mass is 122 g/mol. The third-order valence-electron chi connectivity index (χ3n) is 1.09. The molecule has 0 radical (unpaired) electrons. The molecule has 46 valence electrons. The van der Waals surface area contributed by atoms with Gasteiger partial charge in [0.05, 0.1) is 6.42 Å². The Kier molecular flexibility index (Phi) is 1.55. The molecule has 0 aromatic heterocycles. The van der Waals surface area contributed by atoms with Gasteiger partial charge in [0.25, 0.3) is 0 Å². The van der Waals surface area contributed by atoms with Crippen LogP contribution in [0.1, 0.15) is 6.42 Å². The van der Waals surface area contributed by atoms with Gasteiger partial charge in [0.15, 0.2) is 0 Å². The first kappa shape index (κ1) is 5.90. The van der Waals surface area contributed by atoms with Gasteiger partial charge in [0.2, 0.25) is 0 Å². The number of carbonyl (C=O) groups excluding carboxylic acids is 1.